The Kier molecular flexibility index (Phi) is 3.43. The van der Waals surface area contributed by atoms with Crippen molar-refractivity contribution < 1.29 is 9.50 Å². The van der Waals surface area contributed by atoms with Gasteiger partial charge in [0.15, 0.2) is 5.60 Å². The van der Waals surface area contributed by atoms with Gasteiger partial charge >= 0.3 is 0 Å². The Morgan fingerprint density at radius 3 is 2.71 bits per heavy atom. The molecule has 0 bridgehead atoms. The molecule has 1 aliphatic rings. The van der Waals surface area contributed by atoms with Gasteiger partial charge in [-0.15, -0.1) is 11.8 Å². The molecule has 3 nitrogen and oxygen atoms in total. The molecule has 21 heavy (non-hydrogen) atoms. The van der Waals surface area contributed by atoms with E-state index in [-0.39, 0.29) is 5.84 Å². The van der Waals surface area contributed by atoms with Gasteiger partial charge in [0.05, 0.1) is 5.69 Å². The molecule has 1 atom stereocenters. The molecule has 0 spiro atoms. The van der Waals surface area contributed by atoms with Crippen LogP contribution in [0, 0.1) is 5.82 Å². The number of aliphatic imine (C=N–C) groups is 1. The van der Waals surface area contributed by atoms with E-state index in [1.165, 1.54) is 23.9 Å². The fraction of sp³-hybridized carbons (Fsp3) is 0.133. The van der Waals surface area contributed by atoms with E-state index in [1.807, 2.05) is 6.26 Å². The van der Waals surface area contributed by atoms with Gasteiger partial charge in [-0.25, -0.2) is 9.38 Å². The zero-order valence-corrected chi connectivity index (χ0v) is 12.7. The lowest BCUT2D eigenvalue weighted by Crippen LogP contribution is -2.40. The number of aliphatic hydroxyl groups is 1. The predicted molar refractivity (Wildman–Crippen MR) is 83.9 cm³/mol. The number of benzene rings is 2. The van der Waals surface area contributed by atoms with Gasteiger partial charge < -0.3 is 10.8 Å². The molecular formula is C15H12ClFN2OS. The second-order valence-electron chi connectivity index (χ2n) is 4.71. The first-order chi connectivity index (χ1) is 9.96. The number of nitrogens with two attached hydrogens (primary N) is 1. The quantitative estimate of drug-likeness (QED) is 0.833. The lowest BCUT2D eigenvalue weighted by Gasteiger charge is -2.26. The zero-order chi connectivity index (χ0) is 15.2. The molecule has 3 N–H and O–H groups in total. The van der Waals surface area contributed by atoms with E-state index in [9.17, 15) is 9.50 Å². The van der Waals surface area contributed by atoms with Gasteiger partial charge in [-0.2, -0.15) is 0 Å². The summed E-state index contributed by atoms with van der Waals surface area (Å²) in [5.41, 5.74) is 5.65. The van der Waals surface area contributed by atoms with Crippen molar-refractivity contribution in [3.8, 4) is 0 Å². The minimum absolute atomic E-state index is 0.0145. The third-order valence-corrected chi connectivity index (χ3v) is 4.54. The summed E-state index contributed by atoms with van der Waals surface area (Å²) in [6.45, 7) is 0. The summed E-state index contributed by atoms with van der Waals surface area (Å²) in [7, 11) is 0. The largest absolute Gasteiger partial charge is 0.384 e. The Hall–Kier alpha value is -1.56. The van der Waals surface area contributed by atoms with E-state index in [2.05, 4.69) is 4.99 Å². The standard InChI is InChI=1S/C15H12ClFN2OS/c1-21-13-5-3-9(17)7-11(13)15(20)10-6-8(16)2-4-12(10)19-14(15)18/h2-7,20H,1H3,(H2,18,19). The Morgan fingerprint density at radius 2 is 2.00 bits per heavy atom. The van der Waals surface area contributed by atoms with Crippen LogP contribution in [0.2, 0.25) is 5.02 Å². The van der Waals surface area contributed by atoms with Crippen molar-refractivity contribution in [3.05, 3.63) is 58.4 Å². The van der Waals surface area contributed by atoms with Crippen molar-refractivity contribution in [2.24, 2.45) is 10.7 Å². The molecule has 0 radical (unpaired) electrons. The van der Waals surface area contributed by atoms with Crippen LogP contribution in [0.5, 0.6) is 0 Å². The van der Waals surface area contributed by atoms with Gasteiger partial charge in [-0.05, 0) is 42.7 Å². The van der Waals surface area contributed by atoms with Crippen molar-refractivity contribution >= 4 is 34.9 Å². The zero-order valence-electron chi connectivity index (χ0n) is 11.1. The fourth-order valence-electron chi connectivity index (χ4n) is 2.49. The number of rotatable bonds is 2. The van der Waals surface area contributed by atoms with Crippen LogP contribution in [-0.4, -0.2) is 17.2 Å². The molecule has 0 saturated heterocycles. The summed E-state index contributed by atoms with van der Waals surface area (Å²) in [6, 6.07) is 9.20. The molecule has 2 aromatic carbocycles. The SMILES string of the molecule is CSc1ccc(F)cc1C1(O)C(N)=Nc2ccc(Cl)cc21. The smallest absolute Gasteiger partial charge is 0.175 e. The monoisotopic (exact) mass is 322 g/mol. The van der Waals surface area contributed by atoms with Crippen LogP contribution in [0.4, 0.5) is 10.1 Å². The highest BCUT2D eigenvalue weighted by Gasteiger charge is 2.44. The third-order valence-electron chi connectivity index (χ3n) is 3.51. The first kappa shape index (κ1) is 14.4. The van der Waals surface area contributed by atoms with E-state index < -0.39 is 11.4 Å². The maximum absolute atomic E-state index is 13.7. The third kappa shape index (κ3) is 2.12. The lowest BCUT2D eigenvalue weighted by atomic mass is 9.86. The molecule has 1 heterocycles. The van der Waals surface area contributed by atoms with Crippen LogP contribution >= 0.6 is 23.4 Å². The summed E-state index contributed by atoms with van der Waals surface area (Å²) in [6.07, 6.45) is 1.85. The van der Waals surface area contributed by atoms with Crippen LogP contribution in [0.3, 0.4) is 0 Å². The number of hydrogen-bond acceptors (Lipinski definition) is 4. The van der Waals surface area contributed by atoms with E-state index >= 15 is 0 Å². The van der Waals surface area contributed by atoms with Crippen LogP contribution in [0.15, 0.2) is 46.3 Å². The Morgan fingerprint density at radius 1 is 1.24 bits per heavy atom. The van der Waals surface area contributed by atoms with Gasteiger partial charge in [0, 0.05) is 21.0 Å². The predicted octanol–water partition coefficient (Wildman–Crippen LogP) is 3.44. The maximum atomic E-state index is 13.7. The van der Waals surface area contributed by atoms with Crippen LogP contribution in [0.25, 0.3) is 0 Å². The van der Waals surface area contributed by atoms with Crippen LogP contribution in [0.1, 0.15) is 11.1 Å². The highest BCUT2D eigenvalue weighted by atomic mass is 35.5. The first-order valence-electron chi connectivity index (χ1n) is 6.18. The molecule has 1 aliphatic heterocycles. The molecular weight excluding hydrogens is 311 g/mol. The molecule has 0 saturated carbocycles. The fourth-order valence-corrected chi connectivity index (χ4v) is 3.29. The number of amidine groups is 1. The molecule has 0 fully saturated rings. The van der Waals surface area contributed by atoms with E-state index in [0.717, 1.165) is 4.90 Å². The summed E-state index contributed by atoms with van der Waals surface area (Å²) < 4.78 is 13.7. The van der Waals surface area contributed by atoms with Crippen molar-refractivity contribution in [2.75, 3.05) is 6.26 Å². The minimum Gasteiger partial charge on any atom is -0.384 e. The van der Waals surface area contributed by atoms with Crippen molar-refractivity contribution in [1.82, 2.24) is 0 Å². The summed E-state index contributed by atoms with van der Waals surface area (Å²) in [5.74, 6) is -0.430. The number of hydrogen-bond donors (Lipinski definition) is 2. The van der Waals surface area contributed by atoms with E-state index in [0.29, 0.717) is 21.8 Å². The van der Waals surface area contributed by atoms with Crippen LogP contribution < -0.4 is 5.73 Å². The van der Waals surface area contributed by atoms with Gasteiger partial charge in [0.2, 0.25) is 0 Å². The normalized spacial score (nSPS) is 20.3. The minimum atomic E-state index is -1.67. The summed E-state index contributed by atoms with van der Waals surface area (Å²) >= 11 is 7.41. The van der Waals surface area contributed by atoms with E-state index in [1.54, 1.807) is 24.3 Å². The number of thioether (sulfide) groups is 1. The highest BCUT2D eigenvalue weighted by Crippen LogP contribution is 2.45. The second-order valence-corrected chi connectivity index (χ2v) is 6.00. The highest BCUT2D eigenvalue weighted by molar-refractivity contribution is 7.98. The molecule has 2 aromatic rings. The first-order valence-corrected chi connectivity index (χ1v) is 7.78. The molecule has 108 valence electrons. The molecule has 1 unspecified atom stereocenters. The number of fused-ring (bicyclic) bond motifs is 1. The molecule has 6 heteroatoms. The molecule has 3 rings (SSSR count). The molecule has 0 aromatic heterocycles. The van der Waals surface area contributed by atoms with Gasteiger partial charge in [0.25, 0.3) is 0 Å². The molecule has 0 aliphatic carbocycles. The van der Waals surface area contributed by atoms with Gasteiger partial charge in [-0.1, -0.05) is 11.6 Å². The summed E-state index contributed by atoms with van der Waals surface area (Å²) in [5, 5.41) is 11.6. The van der Waals surface area contributed by atoms with Crippen LogP contribution in [-0.2, 0) is 5.60 Å². The van der Waals surface area contributed by atoms with Crippen molar-refractivity contribution in [1.29, 1.82) is 0 Å². The van der Waals surface area contributed by atoms with Crippen molar-refractivity contribution in [2.45, 2.75) is 10.5 Å². The summed E-state index contributed by atoms with van der Waals surface area (Å²) in [4.78, 5) is 4.91. The van der Waals surface area contributed by atoms with Gasteiger partial charge in [0.1, 0.15) is 11.7 Å². The average molecular weight is 323 g/mol. The Labute approximate surface area is 130 Å². The van der Waals surface area contributed by atoms with Crippen molar-refractivity contribution in [3.63, 3.8) is 0 Å². The number of nitrogens with zero attached hydrogens (tertiary/aromatic N) is 1. The average Bonchev–Trinajstić information content (AvgIpc) is 2.72. The Balaban J connectivity index is 2.30. The lowest BCUT2D eigenvalue weighted by molar-refractivity contribution is 0.155. The maximum Gasteiger partial charge on any atom is 0.175 e. The van der Waals surface area contributed by atoms with E-state index in [4.69, 9.17) is 17.3 Å². The molecule has 0 amide bonds. The van der Waals surface area contributed by atoms with Gasteiger partial charge in [-0.3, -0.25) is 0 Å². The Bertz CT molecular complexity index is 765. The number of halogens is 2. The topological polar surface area (TPSA) is 58.6 Å². The second kappa shape index (κ2) is 5.02.